The van der Waals surface area contributed by atoms with Gasteiger partial charge in [-0.25, -0.2) is 22.8 Å². The van der Waals surface area contributed by atoms with Crippen molar-refractivity contribution >= 4 is 43.8 Å². The van der Waals surface area contributed by atoms with Crippen LogP contribution in [-0.4, -0.2) is 46.9 Å². The summed E-state index contributed by atoms with van der Waals surface area (Å²) in [5.41, 5.74) is 3.05. The van der Waals surface area contributed by atoms with Crippen LogP contribution in [0.2, 0.25) is 5.02 Å². The van der Waals surface area contributed by atoms with Crippen LogP contribution in [0.3, 0.4) is 0 Å². The van der Waals surface area contributed by atoms with Crippen molar-refractivity contribution in [1.82, 2.24) is 14.9 Å². The Kier molecular flexibility index (Phi) is 6.64. The summed E-state index contributed by atoms with van der Waals surface area (Å²) in [6.45, 7) is 1.90. The Morgan fingerprint density at radius 1 is 1.05 bits per heavy atom. The minimum Gasteiger partial charge on any atom is -0.487 e. The normalized spacial score (nSPS) is 17.1. The number of likely N-dealkylation sites (tertiary alicyclic amines) is 1. The highest BCUT2D eigenvalue weighted by atomic mass is 35.5. The number of nitrogens with zero attached hydrogens (tertiary/aromatic N) is 3. The van der Waals surface area contributed by atoms with Crippen LogP contribution in [0, 0.1) is 5.82 Å². The van der Waals surface area contributed by atoms with Crippen molar-refractivity contribution in [2.24, 2.45) is 0 Å². The lowest BCUT2D eigenvalue weighted by Gasteiger charge is -2.54. The Balaban J connectivity index is 1.05. The van der Waals surface area contributed by atoms with Gasteiger partial charge in [-0.1, -0.05) is 23.7 Å². The predicted molar refractivity (Wildman–Crippen MR) is 159 cm³/mol. The molecular weight excluding hydrogens is 579 g/mol. The van der Waals surface area contributed by atoms with E-state index in [0.29, 0.717) is 59.0 Å². The van der Waals surface area contributed by atoms with Gasteiger partial charge in [0.05, 0.1) is 27.6 Å². The van der Waals surface area contributed by atoms with Gasteiger partial charge in [0.25, 0.3) is 0 Å². The zero-order chi connectivity index (χ0) is 28.9. The van der Waals surface area contributed by atoms with Gasteiger partial charge in [0, 0.05) is 29.7 Å². The summed E-state index contributed by atoms with van der Waals surface area (Å²) < 4.78 is 49.0. The average Bonchev–Trinajstić information content (AvgIpc) is 3.42. The van der Waals surface area contributed by atoms with Crippen LogP contribution in [0.4, 0.5) is 15.9 Å². The molecule has 214 valence electrons. The molecule has 1 N–H and O–H groups in total. The van der Waals surface area contributed by atoms with Gasteiger partial charge in [0.2, 0.25) is 0 Å². The number of fused-ring (bicyclic) bond motifs is 1. The van der Waals surface area contributed by atoms with Crippen LogP contribution < -0.4 is 10.1 Å². The van der Waals surface area contributed by atoms with Crippen LogP contribution in [0.1, 0.15) is 17.7 Å². The van der Waals surface area contributed by atoms with Crippen LogP contribution >= 0.6 is 11.6 Å². The standard InChI is InChI=1S/C31H26ClFN4O4S/c32-26-14-23(5-8-29(26)40-16-20-2-1-3-22(33)12-20)36-30-25-13-21(4-7-27(25)34-19-35-30)28-9-6-24(41-28)15-37-17-31(18-37)10-11-42(31,38)39/h1-9,12-14,19H,10-11,15-18H2,(H,34,35,36). The minimum absolute atomic E-state index is 0.193. The third-order valence-electron chi connectivity index (χ3n) is 7.95. The molecule has 2 fully saturated rings. The number of furan rings is 1. The van der Waals surface area contributed by atoms with Gasteiger partial charge in [0.1, 0.15) is 41.8 Å². The number of nitrogens with one attached hydrogen (secondary N) is 1. The second-order valence-corrected chi connectivity index (χ2v) is 13.7. The molecule has 5 aromatic rings. The lowest BCUT2D eigenvalue weighted by Crippen LogP contribution is -2.71. The zero-order valence-corrected chi connectivity index (χ0v) is 24.0. The van der Waals surface area contributed by atoms with E-state index in [1.165, 1.54) is 18.5 Å². The maximum atomic E-state index is 13.5. The predicted octanol–water partition coefficient (Wildman–Crippen LogP) is 6.38. The number of anilines is 2. The fourth-order valence-corrected chi connectivity index (χ4v) is 7.67. The average molecular weight is 605 g/mol. The molecule has 0 saturated carbocycles. The molecular formula is C31H26ClFN4O4S. The molecule has 0 unspecified atom stereocenters. The largest absolute Gasteiger partial charge is 0.487 e. The van der Waals surface area contributed by atoms with E-state index in [1.54, 1.807) is 24.3 Å². The van der Waals surface area contributed by atoms with Gasteiger partial charge in [-0.3, -0.25) is 4.90 Å². The highest BCUT2D eigenvalue weighted by molar-refractivity contribution is 7.94. The first-order valence-electron chi connectivity index (χ1n) is 13.5. The third kappa shape index (κ3) is 4.99. The summed E-state index contributed by atoms with van der Waals surface area (Å²) in [7, 11) is -2.93. The van der Waals surface area contributed by atoms with Crippen LogP contribution in [0.5, 0.6) is 5.75 Å². The molecule has 8 nitrogen and oxygen atoms in total. The van der Waals surface area contributed by atoms with Crippen LogP contribution in [0.25, 0.3) is 22.2 Å². The van der Waals surface area contributed by atoms with Crippen molar-refractivity contribution in [3.8, 4) is 17.1 Å². The van der Waals surface area contributed by atoms with E-state index in [0.717, 1.165) is 28.6 Å². The smallest absolute Gasteiger partial charge is 0.158 e. The molecule has 42 heavy (non-hydrogen) atoms. The van der Waals surface area contributed by atoms with Crippen molar-refractivity contribution < 1.29 is 22.0 Å². The fraction of sp³-hybridized carbons (Fsp3) is 0.226. The number of benzene rings is 3. The zero-order valence-electron chi connectivity index (χ0n) is 22.4. The monoisotopic (exact) mass is 604 g/mol. The maximum Gasteiger partial charge on any atom is 0.158 e. The van der Waals surface area contributed by atoms with Crippen LogP contribution in [0.15, 0.2) is 83.5 Å². The van der Waals surface area contributed by atoms with Gasteiger partial charge in [-0.05, 0) is 72.6 Å². The summed E-state index contributed by atoms with van der Waals surface area (Å²) in [4.78, 5) is 11.0. The molecule has 2 aromatic heterocycles. The molecule has 0 aliphatic carbocycles. The van der Waals surface area contributed by atoms with E-state index in [-0.39, 0.29) is 12.4 Å². The lowest BCUT2D eigenvalue weighted by molar-refractivity contribution is 0.0902. The summed E-state index contributed by atoms with van der Waals surface area (Å²) in [6, 6.07) is 21.2. The van der Waals surface area contributed by atoms with Gasteiger partial charge < -0.3 is 14.5 Å². The van der Waals surface area contributed by atoms with Gasteiger partial charge in [-0.2, -0.15) is 0 Å². The summed E-state index contributed by atoms with van der Waals surface area (Å²) in [5, 5.41) is 4.53. The molecule has 11 heteroatoms. The van der Waals surface area contributed by atoms with Crippen molar-refractivity contribution in [3.05, 3.63) is 101 Å². The number of rotatable bonds is 8. The second kappa shape index (κ2) is 10.4. The molecule has 7 rings (SSSR count). The van der Waals surface area contributed by atoms with Gasteiger partial charge in [-0.15, -0.1) is 0 Å². The molecule has 2 saturated heterocycles. The summed E-state index contributed by atoms with van der Waals surface area (Å²) in [6.07, 6.45) is 2.25. The number of ether oxygens (including phenoxy) is 1. The van der Waals surface area contributed by atoms with Crippen molar-refractivity contribution in [3.63, 3.8) is 0 Å². The van der Waals surface area contributed by atoms with E-state index in [4.69, 9.17) is 20.8 Å². The number of hydrogen-bond donors (Lipinski definition) is 1. The molecule has 0 amide bonds. The molecule has 1 spiro atoms. The van der Waals surface area contributed by atoms with Crippen molar-refractivity contribution in [2.75, 3.05) is 24.2 Å². The van der Waals surface area contributed by atoms with Crippen molar-refractivity contribution in [2.45, 2.75) is 24.3 Å². The van der Waals surface area contributed by atoms with E-state index in [2.05, 4.69) is 20.2 Å². The SMILES string of the molecule is O=S1(=O)CCC12CN(Cc1ccc(-c3ccc4ncnc(Nc5ccc(OCc6cccc(F)c6)c(Cl)c5)c4c3)o1)C2. The molecule has 0 radical (unpaired) electrons. The topological polar surface area (TPSA) is 97.6 Å². The molecule has 4 heterocycles. The molecule has 2 aliphatic heterocycles. The highest BCUT2D eigenvalue weighted by Gasteiger charge is 2.59. The molecule has 3 aromatic carbocycles. The Labute approximate surface area is 247 Å². The first-order valence-corrected chi connectivity index (χ1v) is 15.5. The van der Waals surface area contributed by atoms with Gasteiger partial charge in [0.15, 0.2) is 9.84 Å². The number of halogens is 2. The third-order valence-corrected chi connectivity index (χ3v) is 10.8. The fourth-order valence-electron chi connectivity index (χ4n) is 5.56. The first-order chi connectivity index (χ1) is 20.3. The maximum absolute atomic E-state index is 13.5. The number of aromatic nitrogens is 2. The van der Waals surface area contributed by atoms with E-state index >= 15 is 0 Å². The molecule has 0 atom stereocenters. The Morgan fingerprint density at radius 3 is 2.69 bits per heavy atom. The van der Waals surface area contributed by atoms with E-state index < -0.39 is 14.6 Å². The Morgan fingerprint density at radius 2 is 1.93 bits per heavy atom. The quantitative estimate of drug-likeness (QED) is 0.218. The first kappa shape index (κ1) is 26.9. The Hall–Kier alpha value is -3.99. The second-order valence-electron chi connectivity index (χ2n) is 10.8. The number of sulfone groups is 1. The molecule has 2 aliphatic rings. The van der Waals surface area contributed by atoms with Gasteiger partial charge >= 0.3 is 0 Å². The van der Waals surface area contributed by atoms with Crippen LogP contribution in [-0.2, 0) is 23.0 Å². The lowest BCUT2D eigenvalue weighted by atomic mass is 9.94. The number of hydrogen-bond acceptors (Lipinski definition) is 8. The summed E-state index contributed by atoms with van der Waals surface area (Å²) >= 11 is 6.49. The minimum atomic E-state index is -2.93. The highest BCUT2D eigenvalue weighted by Crippen LogP contribution is 2.42. The van der Waals surface area contributed by atoms with E-state index in [9.17, 15) is 12.8 Å². The van der Waals surface area contributed by atoms with E-state index in [1.807, 2.05) is 36.4 Å². The Bertz CT molecular complexity index is 1920. The molecule has 0 bridgehead atoms. The van der Waals surface area contributed by atoms with Crippen molar-refractivity contribution in [1.29, 1.82) is 0 Å². The summed E-state index contributed by atoms with van der Waals surface area (Å²) in [5.74, 6) is 2.56.